The Labute approximate surface area is 98.2 Å². The van der Waals surface area contributed by atoms with Gasteiger partial charge in [0.2, 0.25) is 0 Å². The molecule has 3 heteroatoms. The largest absolute Gasteiger partial charge is 0.467 e. The van der Waals surface area contributed by atoms with Crippen LogP contribution in [0, 0.1) is 11.3 Å². The number of aliphatic hydroxyl groups excluding tert-OH is 1. The van der Waals surface area contributed by atoms with E-state index in [2.05, 4.69) is 4.74 Å². The average molecular weight is 228 g/mol. The average Bonchev–Trinajstić information content (AvgIpc) is 2.77. The van der Waals surface area contributed by atoms with E-state index in [9.17, 15) is 9.90 Å². The number of carbonyl (C=O) groups excluding carboxylic acids is 1. The van der Waals surface area contributed by atoms with E-state index in [4.69, 9.17) is 0 Å². The van der Waals surface area contributed by atoms with E-state index >= 15 is 0 Å². The van der Waals surface area contributed by atoms with Crippen molar-refractivity contribution in [1.29, 1.82) is 0 Å². The second-order valence-corrected chi connectivity index (χ2v) is 5.60. The summed E-state index contributed by atoms with van der Waals surface area (Å²) in [6.45, 7) is 3.87. The molecule has 1 atom stereocenters. The predicted molar refractivity (Wildman–Crippen MR) is 63.0 cm³/mol. The van der Waals surface area contributed by atoms with Gasteiger partial charge in [0.1, 0.15) is 0 Å². The summed E-state index contributed by atoms with van der Waals surface area (Å²) < 4.78 is 4.58. The molecule has 1 saturated carbocycles. The van der Waals surface area contributed by atoms with E-state index in [1.807, 2.05) is 13.8 Å². The molecule has 0 saturated heterocycles. The molecule has 1 aliphatic carbocycles. The van der Waals surface area contributed by atoms with Crippen LogP contribution in [0.1, 0.15) is 52.4 Å². The lowest BCUT2D eigenvalue weighted by Gasteiger charge is -2.29. The molecule has 3 nitrogen and oxygen atoms in total. The molecule has 0 aromatic carbocycles. The molecule has 0 aromatic heterocycles. The van der Waals surface area contributed by atoms with Gasteiger partial charge in [-0.3, -0.25) is 0 Å². The van der Waals surface area contributed by atoms with E-state index in [0.29, 0.717) is 0 Å². The highest BCUT2D eigenvalue weighted by Gasteiger charge is 2.34. The Balaban J connectivity index is 2.40. The zero-order valence-corrected chi connectivity index (χ0v) is 10.7. The Morgan fingerprint density at radius 2 is 2.00 bits per heavy atom. The van der Waals surface area contributed by atoms with Crippen LogP contribution in [0.5, 0.6) is 0 Å². The Morgan fingerprint density at radius 1 is 1.44 bits per heavy atom. The number of aliphatic hydroxyl groups is 1. The van der Waals surface area contributed by atoms with Gasteiger partial charge in [-0.15, -0.1) is 0 Å². The first-order valence-corrected chi connectivity index (χ1v) is 6.23. The van der Waals surface area contributed by atoms with Gasteiger partial charge < -0.3 is 9.84 Å². The lowest BCUT2D eigenvalue weighted by atomic mass is 9.79. The Morgan fingerprint density at radius 3 is 2.50 bits per heavy atom. The van der Waals surface area contributed by atoms with E-state index in [1.165, 1.54) is 32.8 Å². The molecule has 0 radical (unpaired) electrons. The van der Waals surface area contributed by atoms with Crippen molar-refractivity contribution in [3.63, 3.8) is 0 Å². The Hall–Kier alpha value is -0.570. The number of ether oxygens (including phenoxy) is 1. The predicted octanol–water partition coefficient (Wildman–Crippen LogP) is 2.52. The van der Waals surface area contributed by atoms with Crippen LogP contribution in [0.4, 0.5) is 0 Å². The summed E-state index contributed by atoms with van der Waals surface area (Å²) in [5.41, 5.74) is -0.379. The maximum absolute atomic E-state index is 11.3. The minimum atomic E-state index is -1.00. The first kappa shape index (κ1) is 13.5. The summed E-state index contributed by atoms with van der Waals surface area (Å²) in [4.78, 5) is 11.3. The monoisotopic (exact) mass is 228 g/mol. The maximum Gasteiger partial charge on any atom is 0.335 e. The van der Waals surface area contributed by atoms with Crippen LogP contribution in [-0.2, 0) is 9.53 Å². The van der Waals surface area contributed by atoms with Gasteiger partial charge in [-0.2, -0.15) is 0 Å². The molecule has 94 valence electrons. The quantitative estimate of drug-likeness (QED) is 0.735. The fourth-order valence-corrected chi connectivity index (χ4v) is 2.44. The number of methoxy groups -OCH3 is 1. The van der Waals surface area contributed by atoms with Crippen LogP contribution in [0.3, 0.4) is 0 Å². The van der Waals surface area contributed by atoms with Crippen molar-refractivity contribution in [1.82, 2.24) is 0 Å². The second-order valence-electron chi connectivity index (χ2n) is 5.60. The minimum absolute atomic E-state index is 0.379. The van der Waals surface area contributed by atoms with Crippen molar-refractivity contribution in [2.45, 2.75) is 58.5 Å². The topological polar surface area (TPSA) is 46.5 Å². The molecule has 1 fully saturated rings. The van der Waals surface area contributed by atoms with Crippen LogP contribution in [0.25, 0.3) is 0 Å². The molecule has 0 aromatic rings. The van der Waals surface area contributed by atoms with Crippen molar-refractivity contribution in [3.8, 4) is 0 Å². The maximum atomic E-state index is 11.3. The summed E-state index contributed by atoms with van der Waals surface area (Å²) in [6, 6.07) is 0. The zero-order chi connectivity index (χ0) is 12.2. The molecule has 1 aliphatic rings. The van der Waals surface area contributed by atoms with E-state index in [-0.39, 0.29) is 5.41 Å². The number of carbonyl (C=O) groups is 1. The zero-order valence-electron chi connectivity index (χ0n) is 10.7. The fourth-order valence-electron chi connectivity index (χ4n) is 2.44. The van der Waals surface area contributed by atoms with Crippen molar-refractivity contribution >= 4 is 5.97 Å². The van der Waals surface area contributed by atoms with Gasteiger partial charge in [0.05, 0.1) is 7.11 Å². The van der Waals surface area contributed by atoms with Gasteiger partial charge in [0.25, 0.3) is 0 Å². The Kier molecular flexibility index (Phi) is 4.78. The van der Waals surface area contributed by atoms with Gasteiger partial charge in [0, 0.05) is 5.41 Å². The van der Waals surface area contributed by atoms with Crippen LogP contribution in [0.2, 0.25) is 0 Å². The van der Waals surface area contributed by atoms with Crippen molar-refractivity contribution in [2.75, 3.05) is 7.11 Å². The molecule has 0 amide bonds. The van der Waals surface area contributed by atoms with E-state index in [0.717, 1.165) is 18.8 Å². The van der Waals surface area contributed by atoms with Gasteiger partial charge in [-0.05, 0) is 18.8 Å². The van der Waals surface area contributed by atoms with Gasteiger partial charge in [-0.1, -0.05) is 39.5 Å². The standard InChI is InChI=1S/C13H24O3/c1-13(2,11(14)12(15)16-3)9-8-10-6-4-5-7-10/h10-11,14H,4-9H2,1-3H3. The first-order chi connectivity index (χ1) is 7.47. The van der Waals surface area contributed by atoms with E-state index < -0.39 is 12.1 Å². The second kappa shape index (κ2) is 5.67. The highest BCUT2D eigenvalue weighted by Crippen LogP contribution is 2.35. The summed E-state index contributed by atoms with van der Waals surface area (Å²) in [6.07, 6.45) is 6.29. The van der Waals surface area contributed by atoms with Gasteiger partial charge >= 0.3 is 5.97 Å². The van der Waals surface area contributed by atoms with Crippen molar-refractivity contribution in [2.24, 2.45) is 11.3 Å². The SMILES string of the molecule is COC(=O)C(O)C(C)(C)CCC1CCCC1. The van der Waals surface area contributed by atoms with E-state index in [1.54, 1.807) is 0 Å². The molecular weight excluding hydrogens is 204 g/mol. The molecule has 1 N–H and O–H groups in total. The van der Waals surface area contributed by atoms with Gasteiger partial charge in [-0.25, -0.2) is 4.79 Å². The highest BCUT2D eigenvalue weighted by atomic mass is 16.5. The normalized spacial score (nSPS) is 19.8. The van der Waals surface area contributed by atoms with Crippen LogP contribution < -0.4 is 0 Å². The fraction of sp³-hybridized carbons (Fsp3) is 0.923. The third kappa shape index (κ3) is 3.48. The number of hydrogen-bond acceptors (Lipinski definition) is 3. The van der Waals surface area contributed by atoms with Gasteiger partial charge in [0.15, 0.2) is 6.10 Å². The highest BCUT2D eigenvalue weighted by molar-refractivity contribution is 5.75. The van der Waals surface area contributed by atoms with Crippen molar-refractivity contribution in [3.05, 3.63) is 0 Å². The first-order valence-electron chi connectivity index (χ1n) is 6.23. The third-order valence-corrected chi connectivity index (χ3v) is 3.84. The molecular formula is C13H24O3. The number of rotatable bonds is 5. The number of hydrogen-bond donors (Lipinski definition) is 1. The molecule has 0 spiro atoms. The molecule has 1 unspecified atom stereocenters. The van der Waals surface area contributed by atoms with Crippen LogP contribution >= 0.6 is 0 Å². The summed E-state index contributed by atoms with van der Waals surface area (Å²) in [5, 5.41) is 9.84. The molecule has 0 heterocycles. The van der Waals surface area contributed by atoms with Crippen LogP contribution in [-0.4, -0.2) is 24.3 Å². The molecule has 0 bridgehead atoms. The lowest BCUT2D eigenvalue weighted by Crippen LogP contribution is -2.37. The molecule has 16 heavy (non-hydrogen) atoms. The number of esters is 1. The van der Waals surface area contributed by atoms with Crippen molar-refractivity contribution < 1.29 is 14.6 Å². The summed E-state index contributed by atoms with van der Waals surface area (Å²) >= 11 is 0. The lowest BCUT2D eigenvalue weighted by molar-refractivity contribution is -0.157. The minimum Gasteiger partial charge on any atom is -0.467 e. The third-order valence-electron chi connectivity index (χ3n) is 3.84. The van der Waals surface area contributed by atoms with Crippen LogP contribution in [0.15, 0.2) is 0 Å². The Bertz CT molecular complexity index is 229. The molecule has 0 aliphatic heterocycles. The molecule has 1 rings (SSSR count). The smallest absolute Gasteiger partial charge is 0.335 e. The summed E-state index contributed by atoms with van der Waals surface area (Å²) in [7, 11) is 1.32. The summed E-state index contributed by atoms with van der Waals surface area (Å²) in [5.74, 6) is 0.278.